The molecule has 0 aliphatic carbocycles. The molecule has 0 spiro atoms. The van der Waals surface area contributed by atoms with E-state index >= 15 is 0 Å². The maximum absolute atomic E-state index is 12.2. The Labute approximate surface area is 125 Å². The Bertz CT molecular complexity index is 522. The molecular weight excluding hydrogens is 270 g/mol. The minimum Gasteiger partial charge on any atom is -0.481 e. The van der Waals surface area contributed by atoms with Crippen LogP contribution in [-0.4, -0.2) is 33.3 Å². The summed E-state index contributed by atoms with van der Waals surface area (Å²) < 4.78 is 1.76. The lowest BCUT2D eigenvalue weighted by atomic mass is 9.97. The van der Waals surface area contributed by atoms with Gasteiger partial charge in [0.25, 0.3) is 0 Å². The van der Waals surface area contributed by atoms with Gasteiger partial charge in [0.2, 0.25) is 5.91 Å². The number of hydrogen-bond acceptors (Lipinski definition) is 3. The first kappa shape index (κ1) is 17.2. The monoisotopic (exact) mass is 295 g/mol. The van der Waals surface area contributed by atoms with Crippen molar-refractivity contribution in [2.75, 3.05) is 6.54 Å². The Hall–Kier alpha value is -1.85. The Morgan fingerprint density at radius 2 is 2.00 bits per heavy atom. The van der Waals surface area contributed by atoms with Gasteiger partial charge in [-0.25, -0.2) is 0 Å². The molecule has 2 atom stereocenters. The molecule has 0 aliphatic heterocycles. The van der Waals surface area contributed by atoms with Gasteiger partial charge in [-0.1, -0.05) is 13.3 Å². The highest BCUT2D eigenvalue weighted by Crippen LogP contribution is 2.23. The number of aryl methyl sites for hydroxylation is 2. The van der Waals surface area contributed by atoms with Crippen molar-refractivity contribution in [3.05, 3.63) is 17.0 Å². The van der Waals surface area contributed by atoms with Crippen LogP contribution < -0.4 is 5.32 Å². The zero-order valence-electron chi connectivity index (χ0n) is 13.4. The van der Waals surface area contributed by atoms with E-state index in [1.165, 1.54) is 0 Å². The summed E-state index contributed by atoms with van der Waals surface area (Å²) in [5, 5.41) is 16.2. The molecule has 0 aromatic carbocycles. The quantitative estimate of drug-likeness (QED) is 0.802. The molecule has 0 fully saturated rings. The van der Waals surface area contributed by atoms with Gasteiger partial charge >= 0.3 is 5.97 Å². The Kier molecular flexibility index (Phi) is 5.93. The van der Waals surface area contributed by atoms with E-state index in [2.05, 4.69) is 10.4 Å². The fourth-order valence-corrected chi connectivity index (χ4v) is 2.59. The Balaban J connectivity index is 2.73. The molecule has 0 bridgehead atoms. The van der Waals surface area contributed by atoms with E-state index in [4.69, 9.17) is 5.11 Å². The van der Waals surface area contributed by atoms with Crippen molar-refractivity contribution in [2.45, 2.75) is 46.5 Å². The minimum absolute atomic E-state index is 0.156. The van der Waals surface area contributed by atoms with Crippen molar-refractivity contribution in [2.24, 2.45) is 13.0 Å². The maximum Gasteiger partial charge on any atom is 0.308 e. The lowest BCUT2D eigenvalue weighted by Crippen LogP contribution is -2.35. The van der Waals surface area contributed by atoms with Crippen LogP contribution >= 0.6 is 0 Å². The van der Waals surface area contributed by atoms with Crippen LogP contribution in [0.4, 0.5) is 0 Å². The second kappa shape index (κ2) is 7.24. The highest BCUT2D eigenvalue weighted by atomic mass is 16.4. The van der Waals surface area contributed by atoms with Crippen LogP contribution in [0.2, 0.25) is 0 Å². The normalized spacial score (nSPS) is 13.8. The number of nitrogens with one attached hydrogen (secondary N) is 1. The average Bonchev–Trinajstić information content (AvgIpc) is 2.66. The largest absolute Gasteiger partial charge is 0.481 e. The van der Waals surface area contributed by atoms with E-state index in [9.17, 15) is 9.59 Å². The number of amides is 1. The molecule has 0 aliphatic rings. The summed E-state index contributed by atoms with van der Waals surface area (Å²) in [5.41, 5.74) is 2.71. The summed E-state index contributed by atoms with van der Waals surface area (Å²) in [6, 6.07) is 0. The number of carboxylic acid groups (broad SMARTS) is 1. The lowest BCUT2D eigenvalue weighted by Gasteiger charge is -2.16. The van der Waals surface area contributed by atoms with Gasteiger partial charge in [-0.15, -0.1) is 0 Å². The molecule has 0 radical (unpaired) electrons. The van der Waals surface area contributed by atoms with Gasteiger partial charge in [0.1, 0.15) is 0 Å². The molecule has 1 heterocycles. The third-order valence-electron chi connectivity index (χ3n) is 3.90. The number of aliphatic carboxylic acids is 1. The van der Waals surface area contributed by atoms with Crippen molar-refractivity contribution in [1.82, 2.24) is 15.1 Å². The summed E-state index contributed by atoms with van der Waals surface area (Å²) in [6.45, 7) is 7.73. The number of carboxylic acids is 1. The van der Waals surface area contributed by atoms with Gasteiger partial charge in [-0.2, -0.15) is 5.10 Å². The zero-order chi connectivity index (χ0) is 16.2. The second-order valence-corrected chi connectivity index (χ2v) is 5.50. The van der Waals surface area contributed by atoms with Gasteiger partial charge in [0.05, 0.1) is 17.5 Å². The molecule has 0 saturated heterocycles. The van der Waals surface area contributed by atoms with Crippen LogP contribution in [-0.2, 0) is 16.6 Å². The van der Waals surface area contributed by atoms with E-state index in [0.29, 0.717) is 6.42 Å². The van der Waals surface area contributed by atoms with Crippen LogP contribution in [0.25, 0.3) is 0 Å². The lowest BCUT2D eigenvalue weighted by molar-refractivity contribution is -0.142. The topological polar surface area (TPSA) is 84.2 Å². The van der Waals surface area contributed by atoms with E-state index in [1.807, 2.05) is 34.7 Å². The first-order chi connectivity index (χ1) is 9.79. The van der Waals surface area contributed by atoms with Crippen LogP contribution in [0, 0.1) is 19.8 Å². The Morgan fingerprint density at radius 1 is 1.38 bits per heavy atom. The molecule has 21 heavy (non-hydrogen) atoms. The molecular formula is C15H25N3O3. The van der Waals surface area contributed by atoms with Crippen LogP contribution in [0.1, 0.15) is 49.6 Å². The predicted octanol–water partition coefficient (Wildman–Crippen LogP) is 1.76. The zero-order valence-corrected chi connectivity index (χ0v) is 13.4. The number of aromatic nitrogens is 2. The highest BCUT2D eigenvalue weighted by molar-refractivity contribution is 5.84. The number of hydrogen-bond donors (Lipinski definition) is 2. The first-order valence-electron chi connectivity index (χ1n) is 7.30. The van der Waals surface area contributed by atoms with Crippen molar-refractivity contribution < 1.29 is 14.7 Å². The first-order valence-corrected chi connectivity index (χ1v) is 7.30. The third kappa shape index (κ3) is 4.06. The third-order valence-corrected chi connectivity index (χ3v) is 3.90. The molecule has 1 aromatic heterocycles. The summed E-state index contributed by atoms with van der Waals surface area (Å²) in [6.07, 6.45) is 1.35. The Morgan fingerprint density at radius 3 is 2.43 bits per heavy atom. The summed E-state index contributed by atoms with van der Waals surface area (Å²) in [7, 11) is 1.85. The second-order valence-electron chi connectivity index (χ2n) is 5.50. The maximum atomic E-state index is 12.2. The molecule has 2 N–H and O–H groups in total. The van der Waals surface area contributed by atoms with Gasteiger partial charge in [-0.3, -0.25) is 14.3 Å². The average molecular weight is 295 g/mol. The van der Waals surface area contributed by atoms with E-state index in [1.54, 1.807) is 4.68 Å². The van der Waals surface area contributed by atoms with Gasteiger partial charge in [-0.05, 0) is 27.2 Å². The summed E-state index contributed by atoms with van der Waals surface area (Å²) in [5.74, 6) is -1.88. The SMILES string of the molecule is CCCC(CNC(=O)C(C)c1c(C)nn(C)c1C)C(=O)O. The molecule has 1 rings (SSSR count). The standard InChI is InChI=1S/C15H25N3O3/c1-6-7-12(15(20)21)8-16-14(19)9(2)13-10(3)17-18(5)11(13)4/h9,12H,6-8H2,1-5H3,(H,16,19)(H,20,21). The molecule has 1 amide bonds. The number of carbonyl (C=O) groups excluding carboxylic acids is 1. The number of carbonyl (C=O) groups is 2. The fraction of sp³-hybridized carbons (Fsp3) is 0.667. The molecule has 2 unspecified atom stereocenters. The van der Waals surface area contributed by atoms with Crippen LogP contribution in [0.15, 0.2) is 0 Å². The molecule has 6 heteroatoms. The van der Waals surface area contributed by atoms with Gasteiger partial charge in [0.15, 0.2) is 0 Å². The van der Waals surface area contributed by atoms with Gasteiger partial charge in [0, 0.05) is 24.8 Å². The van der Waals surface area contributed by atoms with E-state index in [0.717, 1.165) is 23.4 Å². The molecule has 6 nitrogen and oxygen atoms in total. The van der Waals surface area contributed by atoms with Crippen molar-refractivity contribution in [1.29, 1.82) is 0 Å². The molecule has 118 valence electrons. The molecule has 0 saturated carbocycles. The fourth-order valence-electron chi connectivity index (χ4n) is 2.59. The summed E-state index contributed by atoms with van der Waals surface area (Å²) >= 11 is 0. The van der Waals surface area contributed by atoms with Crippen molar-refractivity contribution >= 4 is 11.9 Å². The molecule has 1 aromatic rings. The van der Waals surface area contributed by atoms with Gasteiger partial charge < -0.3 is 10.4 Å². The summed E-state index contributed by atoms with van der Waals surface area (Å²) in [4.78, 5) is 23.3. The number of nitrogens with zero attached hydrogens (tertiary/aromatic N) is 2. The number of rotatable bonds is 7. The smallest absolute Gasteiger partial charge is 0.308 e. The van der Waals surface area contributed by atoms with Crippen molar-refractivity contribution in [3.8, 4) is 0 Å². The minimum atomic E-state index is -0.862. The van der Waals surface area contributed by atoms with Crippen LogP contribution in [0.5, 0.6) is 0 Å². The van der Waals surface area contributed by atoms with E-state index < -0.39 is 11.9 Å². The highest BCUT2D eigenvalue weighted by Gasteiger charge is 2.24. The van der Waals surface area contributed by atoms with Crippen molar-refractivity contribution in [3.63, 3.8) is 0 Å². The predicted molar refractivity (Wildman–Crippen MR) is 80.1 cm³/mol. The van der Waals surface area contributed by atoms with Crippen LogP contribution in [0.3, 0.4) is 0 Å². The van der Waals surface area contributed by atoms with E-state index in [-0.39, 0.29) is 18.4 Å².